The van der Waals surface area contributed by atoms with Crippen LogP contribution >= 0.6 is 11.6 Å². The van der Waals surface area contributed by atoms with E-state index < -0.39 is 0 Å². The molecule has 2 heterocycles. The molecule has 1 aromatic carbocycles. The van der Waals surface area contributed by atoms with Crippen LogP contribution in [-0.4, -0.2) is 21.1 Å². The molecule has 3 rings (SSSR count). The zero-order valence-corrected chi connectivity index (χ0v) is 15.2. The van der Waals surface area contributed by atoms with Crippen LogP contribution in [0.4, 0.5) is 5.82 Å². The summed E-state index contributed by atoms with van der Waals surface area (Å²) in [6, 6.07) is 9.89. The fourth-order valence-electron chi connectivity index (χ4n) is 2.94. The van der Waals surface area contributed by atoms with Gasteiger partial charge in [0.15, 0.2) is 5.65 Å². The Morgan fingerprint density at radius 2 is 1.96 bits per heavy atom. The lowest BCUT2D eigenvalue weighted by molar-refractivity contribution is 0.738. The lowest BCUT2D eigenvalue weighted by Crippen LogP contribution is -2.08. The Labute approximate surface area is 147 Å². The zero-order valence-electron chi connectivity index (χ0n) is 14.4. The number of hydrogen-bond donors (Lipinski definition) is 1. The maximum atomic E-state index is 6.41. The summed E-state index contributed by atoms with van der Waals surface area (Å²) in [5.74, 6) is 0.981. The average molecular weight is 343 g/mol. The minimum atomic E-state index is 0.719. The summed E-state index contributed by atoms with van der Waals surface area (Å²) in [7, 11) is 0. The molecule has 24 heavy (non-hydrogen) atoms. The van der Waals surface area contributed by atoms with E-state index in [-0.39, 0.29) is 0 Å². The van der Waals surface area contributed by atoms with Crippen LogP contribution in [0.25, 0.3) is 16.8 Å². The number of fused-ring (bicyclic) bond motifs is 1. The van der Waals surface area contributed by atoms with Crippen molar-refractivity contribution < 1.29 is 0 Å². The second-order valence-electron chi connectivity index (χ2n) is 6.09. The van der Waals surface area contributed by atoms with Crippen LogP contribution in [0.2, 0.25) is 5.02 Å². The predicted molar refractivity (Wildman–Crippen MR) is 101 cm³/mol. The monoisotopic (exact) mass is 342 g/mol. The van der Waals surface area contributed by atoms with E-state index in [0.29, 0.717) is 0 Å². The van der Waals surface area contributed by atoms with E-state index in [1.54, 1.807) is 0 Å². The molecular formula is C19H23ClN4. The highest BCUT2D eigenvalue weighted by Gasteiger charge is 2.17. The van der Waals surface area contributed by atoms with E-state index in [9.17, 15) is 0 Å². The van der Waals surface area contributed by atoms with E-state index in [2.05, 4.69) is 12.2 Å². The van der Waals surface area contributed by atoms with Gasteiger partial charge >= 0.3 is 0 Å². The number of aromatic nitrogens is 3. The van der Waals surface area contributed by atoms with Gasteiger partial charge in [0.05, 0.1) is 11.3 Å². The topological polar surface area (TPSA) is 42.2 Å². The van der Waals surface area contributed by atoms with Crippen molar-refractivity contribution in [1.29, 1.82) is 0 Å². The Morgan fingerprint density at radius 3 is 2.71 bits per heavy atom. The van der Waals surface area contributed by atoms with Crippen molar-refractivity contribution in [3.63, 3.8) is 0 Å². The Morgan fingerprint density at radius 1 is 1.17 bits per heavy atom. The van der Waals surface area contributed by atoms with Crippen LogP contribution in [0.5, 0.6) is 0 Å². The van der Waals surface area contributed by atoms with Crippen LogP contribution in [0.15, 0.2) is 30.3 Å². The maximum Gasteiger partial charge on any atom is 0.165 e. The smallest absolute Gasteiger partial charge is 0.165 e. The number of halogens is 1. The Kier molecular flexibility index (Phi) is 5.05. The molecule has 5 heteroatoms. The number of hydrogen-bond acceptors (Lipinski definition) is 3. The largest absolute Gasteiger partial charge is 0.370 e. The first-order valence-corrected chi connectivity index (χ1v) is 8.85. The van der Waals surface area contributed by atoms with Crippen molar-refractivity contribution >= 4 is 23.1 Å². The summed E-state index contributed by atoms with van der Waals surface area (Å²) in [4.78, 5) is 4.72. The molecule has 1 N–H and O–H groups in total. The first-order valence-electron chi connectivity index (χ1n) is 8.47. The molecule has 0 saturated carbocycles. The van der Waals surface area contributed by atoms with Gasteiger partial charge in [-0.25, -0.2) is 4.98 Å². The predicted octanol–water partition coefficient (Wildman–Crippen LogP) is 5.27. The number of anilines is 1. The zero-order chi connectivity index (χ0) is 17.1. The van der Waals surface area contributed by atoms with Crippen molar-refractivity contribution in [2.24, 2.45) is 0 Å². The van der Waals surface area contributed by atoms with Crippen molar-refractivity contribution in [1.82, 2.24) is 14.6 Å². The van der Waals surface area contributed by atoms with Crippen molar-refractivity contribution in [3.8, 4) is 11.1 Å². The standard InChI is InChI=1S/C19H23ClN4/c1-4-5-8-11-21-17-12-13(2)22-19-18(14(3)23-24(17)19)15-9-6-7-10-16(15)20/h6-7,9-10,12,21H,4-5,8,11H2,1-3H3. The molecule has 0 aliphatic rings. The molecule has 0 unspecified atom stereocenters. The minimum absolute atomic E-state index is 0.719. The van der Waals surface area contributed by atoms with Gasteiger partial charge in [0.1, 0.15) is 5.82 Å². The molecule has 0 atom stereocenters. The van der Waals surface area contributed by atoms with Gasteiger partial charge in [-0.1, -0.05) is 49.6 Å². The molecule has 2 aromatic heterocycles. The number of benzene rings is 1. The van der Waals surface area contributed by atoms with Gasteiger partial charge in [-0.15, -0.1) is 0 Å². The van der Waals surface area contributed by atoms with Gasteiger partial charge < -0.3 is 5.32 Å². The van der Waals surface area contributed by atoms with E-state index in [1.165, 1.54) is 12.8 Å². The highest BCUT2D eigenvalue weighted by atomic mass is 35.5. The van der Waals surface area contributed by atoms with Crippen LogP contribution in [0.1, 0.15) is 37.6 Å². The third-order valence-electron chi connectivity index (χ3n) is 4.12. The molecule has 0 spiro atoms. The number of unbranched alkanes of at least 4 members (excludes halogenated alkanes) is 2. The molecule has 0 amide bonds. The average Bonchev–Trinajstić information content (AvgIpc) is 2.88. The summed E-state index contributed by atoms with van der Waals surface area (Å²) >= 11 is 6.41. The maximum absolute atomic E-state index is 6.41. The second kappa shape index (κ2) is 7.22. The number of aryl methyl sites for hydroxylation is 2. The normalized spacial score (nSPS) is 11.2. The quantitative estimate of drug-likeness (QED) is 0.620. The molecular weight excluding hydrogens is 320 g/mol. The molecule has 126 valence electrons. The van der Waals surface area contributed by atoms with Gasteiger partial charge in [0, 0.05) is 28.9 Å². The SMILES string of the molecule is CCCCCNc1cc(C)nc2c(-c3ccccc3Cl)c(C)nn12. The van der Waals surface area contributed by atoms with Crippen LogP contribution in [0, 0.1) is 13.8 Å². The van der Waals surface area contributed by atoms with Crippen molar-refractivity contribution in [2.75, 3.05) is 11.9 Å². The van der Waals surface area contributed by atoms with E-state index in [1.807, 2.05) is 48.7 Å². The van der Waals surface area contributed by atoms with E-state index >= 15 is 0 Å². The molecule has 0 bridgehead atoms. The van der Waals surface area contributed by atoms with Crippen LogP contribution < -0.4 is 5.32 Å². The van der Waals surface area contributed by atoms with Gasteiger partial charge in [0.25, 0.3) is 0 Å². The van der Waals surface area contributed by atoms with Gasteiger partial charge in [-0.05, 0) is 26.3 Å². The minimum Gasteiger partial charge on any atom is -0.370 e. The number of nitrogens with zero attached hydrogens (tertiary/aromatic N) is 3. The summed E-state index contributed by atoms with van der Waals surface area (Å²) in [6.45, 7) is 7.16. The molecule has 0 radical (unpaired) electrons. The second-order valence-corrected chi connectivity index (χ2v) is 6.50. The molecule has 0 aliphatic heterocycles. The van der Waals surface area contributed by atoms with E-state index in [0.717, 1.165) is 52.0 Å². The summed E-state index contributed by atoms with van der Waals surface area (Å²) in [6.07, 6.45) is 3.59. The van der Waals surface area contributed by atoms with Crippen molar-refractivity contribution in [3.05, 3.63) is 46.7 Å². The number of nitrogens with one attached hydrogen (secondary N) is 1. The molecule has 0 aliphatic carbocycles. The highest BCUT2D eigenvalue weighted by molar-refractivity contribution is 6.33. The fourth-order valence-corrected chi connectivity index (χ4v) is 3.17. The third kappa shape index (κ3) is 3.24. The van der Waals surface area contributed by atoms with Crippen LogP contribution in [0.3, 0.4) is 0 Å². The first-order chi connectivity index (χ1) is 11.6. The Hall–Kier alpha value is -2.07. The van der Waals surface area contributed by atoms with Gasteiger partial charge in [0.2, 0.25) is 0 Å². The van der Waals surface area contributed by atoms with Crippen molar-refractivity contribution in [2.45, 2.75) is 40.0 Å². The Balaban J connectivity index is 2.08. The first kappa shape index (κ1) is 16.8. The summed E-state index contributed by atoms with van der Waals surface area (Å²) in [5.41, 5.74) is 4.72. The molecule has 0 saturated heterocycles. The van der Waals surface area contributed by atoms with Crippen LogP contribution in [-0.2, 0) is 0 Å². The summed E-state index contributed by atoms with van der Waals surface area (Å²) in [5, 5.41) is 8.92. The Bertz CT molecular complexity index is 854. The highest BCUT2D eigenvalue weighted by Crippen LogP contribution is 2.33. The fraction of sp³-hybridized carbons (Fsp3) is 0.368. The van der Waals surface area contributed by atoms with Gasteiger partial charge in [-0.2, -0.15) is 9.61 Å². The summed E-state index contributed by atoms with van der Waals surface area (Å²) < 4.78 is 1.90. The molecule has 0 fully saturated rings. The molecule has 4 nitrogen and oxygen atoms in total. The molecule has 3 aromatic rings. The van der Waals surface area contributed by atoms with Gasteiger partial charge in [-0.3, -0.25) is 0 Å². The lowest BCUT2D eigenvalue weighted by Gasteiger charge is -2.09. The lowest BCUT2D eigenvalue weighted by atomic mass is 10.1. The van der Waals surface area contributed by atoms with E-state index in [4.69, 9.17) is 21.7 Å². The number of rotatable bonds is 6. The third-order valence-corrected chi connectivity index (χ3v) is 4.45.